The molecule has 3 aromatic rings. The lowest BCUT2D eigenvalue weighted by Gasteiger charge is -2.36. The van der Waals surface area contributed by atoms with E-state index in [0.717, 1.165) is 29.4 Å². The Balaban J connectivity index is 1.23. The van der Waals surface area contributed by atoms with Crippen LogP contribution in [0, 0.1) is 11.3 Å². The number of carbonyl (C=O) groups excluding carboxylic acids is 1. The van der Waals surface area contributed by atoms with Gasteiger partial charge in [0, 0.05) is 30.2 Å². The zero-order valence-corrected chi connectivity index (χ0v) is 17.0. The molecule has 7 heteroatoms. The first kappa shape index (κ1) is 19.2. The Morgan fingerprint density at radius 2 is 1.84 bits per heavy atom. The van der Waals surface area contributed by atoms with Gasteiger partial charge in [0.05, 0.1) is 5.52 Å². The number of nitrogens with one attached hydrogen (secondary N) is 1. The number of nitriles is 1. The van der Waals surface area contributed by atoms with Crippen molar-refractivity contribution >= 4 is 22.5 Å². The van der Waals surface area contributed by atoms with Crippen LogP contribution in [-0.2, 0) is 4.79 Å². The molecule has 0 bridgehead atoms. The fraction of sp³-hybridized carbons (Fsp3) is 0.292. The number of likely N-dealkylation sites (tertiary alicyclic amines) is 1. The van der Waals surface area contributed by atoms with Crippen molar-refractivity contribution in [3.05, 3.63) is 60.3 Å². The third-order valence-corrected chi connectivity index (χ3v) is 5.78. The molecular weight excluding hydrogens is 392 g/mol. The Kier molecular flexibility index (Phi) is 5.04. The molecule has 156 valence electrons. The molecule has 1 fully saturated rings. The smallest absolute Gasteiger partial charge is 0.267 e. The van der Waals surface area contributed by atoms with Crippen molar-refractivity contribution in [2.24, 2.45) is 0 Å². The normalized spacial score (nSPS) is 18.4. The van der Waals surface area contributed by atoms with Crippen LogP contribution in [-0.4, -0.2) is 47.6 Å². The molecular formula is C24H22N4O3. The van der Waals surface area contributed by atoms with Crippen LogP contribution in [0.15, 0.2) is 54.6 Å². The zero-order chi connectivity index (χ0) is 21.2. The summed E-state index contributed by atoms with van der Waals surface area (Å²) in [5, 5.41) is 13.9. The molecule has 1 saturated heterocycles. The summed E-state index contributed by atoms with van der Waals surface area (Å²) in [5.74, 6) is 1.26. The van der Waals surface area contributed by atoms with Crippen LogP contribution in [0.2, 0.25) is 0 Å². The van der Waals surface area contributed by atoms with Crippen LogP contribution in [0.5, 0.6) is 11.5 Å². The quantitative estimate of drug-likeness (QED) is 0.707. The highest BCUT2D eigenvalue weighted by atomic mass is 16.6. The molecule has 7 nitrogen and oxygen atoms in total. The predicted molar refractivity (Wildman–Crippen MR) is 116 cm³/mol. The molecule has 31 heavy (non-hydrogen) atoms. The lowest BCUT2D eigenvalue weighted by atomic mass is 10.0. The van der Waals surface area contributed by atoms with Crippen LogP contribution < -0.4 is 14.8 Å². The summed E-state index contributed by atoms with van der Waals surface area (Å²) in [7, 11) is 0. The van der Waals surface area contributed by atoms with Gasteiger partial charge in [-0.1, -0.05) is 30.3 Å². The minimum Gasteiger partial charge on any atom is -0.485 e. The molecule has 1 N–H and O–H groups in total. The summed E-state index contributed by atoms with van der Waals surface area (Å²) in [5.41, 5.74) is 2.10. The van der Waals surface area contributed by atoms with E-state index in [4.69, 9.17) is 9.47 Å². The second-order valence-electron chi connectivity index (χ2n) is 7.79. The van der Waals surface area contributed by atoms with Crippen molar-refractivity contribution in [1.82, 2.24) is 9.88 Å². The number of pyridine rings is 1. The van der Waals surface area contributed by atoms with Crippen LogP contribution in [0.25, 0.3) is 10.9 Å². The van der Waals surface area contributed by atoms with Crippen LogP contribution in [0.4, 0.5) is 5.69 Å². The van der Waals surface area contributed by atoms with Gasteiger partial charge in [-0.05, 0) is 37.1 Å². The second-order valence-corrected chi connectivity index (χ2v) is 7.79. The number of piperidine rings is 1. The number of amides is 1. The number of benzene rings is 2. The standard InChI is InChI=1S/C24H22N4O3/c25-14-17-13-20(18-5-1-2-6-19(18)27-17)26-16-9-11-28(12-10-16)24(29)23-15-30-21-7-3-4-8-22(21)31-23/h1-8,13,16,23H,9-12,15H2,(H,26,27). The number of para-hydroxylation sites is 3. The minimum absolute atomic E-state index is 0.0333. The number of carbonyl (C=O) groups is 1. The van der Waals surface area contributed by atoms with Crippen LogP contribution in [0.1, 0.15) is 18.5 Å². The highest BCUT2D eigenvalue weighted by Gasteiger charge is 2.33. The minimum atomic E-state index is -0.610. The van der Waals surface area contributed by atoms with E-state index in [2.05, 4.69) is 16.4 Å². The third-order valence-electron chi connectivity index (χ3n) is 5.78. The molecule has 0 radical (unpaired) electrons. The highest BCUT2D eigenvalue weighted by Crippen LogP contribution is 2.32. The van der Waals surface area contributed by atoms with Gasteiger partial charge in [-0.25, -0.2) is 4.98 Å². The SMILES string of the molecule is N#Cc1cc(NC2CCN(C(=O)C3COc4ccccc4O3)CC2)c2ccccc2n1. The summed E-state index contributed by atoms with van der Waals surface area (Å²) < 4.78 is 11.6. The van der Waals surface area contributed by atoms with Crippen LogP contribution >= 0.6 is 0 Å². The van der Waals surface area contributed by atoms with Gasteiger partial charge < -0.3 is 19.7 Å². The number of anilines is 1. The molecule has 0 saturated carbocycles. The highest BCUT2D eigenvalue weighted by molar-refractivity contribution is 5.92. The van der Waals surface area contributed by atoms with E-state index in [1.807, 2.05) is 53.4 Å². The molecule has 0 spiro atoms. The van der Waals surface area contributed by atoms with E-state index in [-0.39, 0.29) is 18.6 Å². The molecule has 2 aliphatic heterocycles. The molecule has 3 heterocycles. The van der Waals surface area contributed by atoms with E-state index < -0.39 is 6.10 Å². The lowest BCUT2D eigenvalue weighted by molar-refractivity contribution is -0.142. The van der Waals surface area contributed by atoms with Crippen LogP contribution in [0.3, 0.4) is 0 Å². The summed E-state index contributed by atoms with van der Waals surface area (Å²) in [6.07, 6.45) is 1.02. The first-order chi connectivity index (χ1) is 15.2. The topological polar surface area (TPSA) is 87.5 Å². The van der Waals surface area contributed by atoms with E-state index in [0.29, 0.717) is 30.3 Å². The summed E-state index contributed by atoms with van der Waals surface area (Å²) in [4.78, 5) is 19.2. The lowest BCUT2D eigenvalue weighted by Crippen LogP contribution is -2.50. The number of hydrogen-bond donors (Lipinski definition) is 1. The van der Waals surface area contributed by atoms with Crippen molar-refractivity contribution < 1.29 is 14.3 Å². The Hall–Kier alpha value is -3.79. The van der Waals surface area contributed by atoms with Gasteiger partial charge >= 0.3 is 0 Å². The molecule has 5 rings (SSSR count). The van der Waals surface area contributed by atoms with Gasteiger partial charge in [0.15, 0.2) is 11.5 Å². The molecule has 1 amide bonds. The van der Waals surface area contributed by atoms with Gasteiger partial charge in [-0.3, -0.25) is 4.79 Å². The Labute approximate surface area is 180 Å². The summed E-state index contributed by atoms with van der Waals surface area (Å²) >= 11 is 0. The molecule has 2 aliphatic rings. The van der Waals surface area contributed by atoms with E-state index in [1.54, 1.807) is 6.07 Å². The number of fused-ring (bicyclic) bond motifs is 2. The summed E-state index contributed by atoms with van der Waals surface area (Å²) in [6.45, 7) is 1.52. The largest absolute Gasteiger partial charge is 0.485 e. The maximum Gasteiger partial charge on any atom is 0.267 e. The van der Waals surface area contributed by atoms with Crippen molar-refractivity contribution in [3.63, 3.8) is 0 Å². The Bertz CT molecular complexity index is 1160. The second kappa shape index (κ2) is 8.15. The van der Waals surface area contributed by atoms with Gasteiger partial charge in [0.25, 0.3) is 5.91 Å². The fourth-order valence-corrected chi connectivity index (χ4v) is 4.16. The number of hydrogen-bond acceptors (Lipinski definition) is 6. The average molecular weight is 414 g/mol. The molecule has 1 aromatic heterocycles. The monoisotopic (exact) mass is 414 g/mol. The fourth-order valence-electron chi connectivity index (χ4n) is 4.16. The summed E-state index contributed by atoms with van der Waals surface area (Å²) in [6, 6.07) is 19.3. The maximum absolute atomic E-state index is 12.9. The van der Waals surface area contributed by atoms with E-state index in [9.17, 15) is 10.1 Å². The average Bonchev–Trinajstić information content (AvgIpc) is 2.83. The van der Waals surface area contributed by atoms with Gasteiger partial charge in [-0.15, -0.1) is 0 Å². The van der Waals surface area contributed by atoms with Gasteiger partial charge in [0.1, 0.15) is 18.4 Å². The predicted octanol–water partition coefficient (Wildman–Crippen LogP) is 3.35. The van der Waals surface area contributed by atoms with Crippen molar-refractivity contribution in [3.8, 4) is 17.6 Å². The van der Waals surface area contributed by atoms with Gasteiger partial charge in [-0.2, -0.15) is 5.26 Å². The van der Waals surface area contributed by atoms with Crippen molar-refractivity contribution in [1.29, 1.82) is 5.26 Å². The Morgan fingerprint density at radius 1 is 1.10 bits per heavy atom. The van der Waals surface area contributed by atoms with E-state index >= 15 is 0 Å². The first-order valence-electron chi connectivity index (χ1n) is 10.4. The third kappa shape index (κ3) is 3.84. The maximum atomic E-state index is 12.9. The van der Waals surface area contributed by atoms with Crippen molar-refractivity contribution in [2.75, 3.05) is 25.0 Å². The Morgan fingerprint density at radius 3 is 2.65 bits per heavy atom. The zero-order valence-electron chi connectivity index (χ0n) is 17.0. The molecule has 1 unspecified atom stereocenters. The number of nitrogens with zero attached hydrogens (tertiary/aromatic N) is 3. The van der Waals surface area contributed by atoms with Gasteiger partial charge in [0.2, 0.25) is 6.10 Å². The number of aromatic nitrogens is 1. The van der Waals surface area contributed by atoms with E-state index in [1.165, 1.54) is 0 Å². The molecule has 1 atom stereocenters. The number of ether oxygens (including phenoxy) is 2. The first-order valence-corrected chi connectivity index (χ1v) is 10.4. The number of rotatable bonds is 3. The molecule has 0 aliphatic carbocycles. The van der Waals surface area contributed by atoms with Crippen molar-refractivity contribution in [2.45, 2.75) is 25.0 Å². The molecule has 2 aromatic carbocycles.